The second-order valence-electron chi connectivity index (χ2n) is 3.72. The lowest BCUT2D eigenvalue weighted by Crippen LogP contribution is -2.30. The Morgan fingerprint density at radius 2 is 2.33 bits per heavy atom. The molecule has 1 aromatic rings. The van der Waals surface area contributed by atoms with E-state index in [9.17, 15) is 4.79 Å². The third-order valence-corrected chi connectivity index (χ3v) is 2.89. The van der Waals surface area contributed by atoms with E-state index in [4.69, 9.17) is 0 Å². The zero-order chi connectivity index (χ0) is 11.4. The number of amides is 2. The van der Waals surface area contributed by atoms with Gasteiger partial charge in [-0.2, -0.15) is 4.37 Å². The van der Waals surface area contributed by atoms with Crippen LogP contribution in [0.15, 0.2) is 6.07 Å². The molecule has 1 heterocycles. The van der Waals surface area contributed by atoms with Crippen molar-refractivity contribution in [1.29, 1.82) is 0 Å². The fourth-order valence-electron chi connectivity index (χ4n) is 0.964. The Morgan fingerprint density at radius 3 is 2.80 bits per heavy atom. The van der Waals surface area contributed by atoms with Gasteiger partial charge in [-0.15, -0.1) is 0 Å². The second kappa shape index (κ2) is 5.11. The summed E-state index contributed by atoms with van der Waals surface area (Å²) in [5, 5.41) is 3.62. The van der Waals surface area contributed by atoms with Crippen molar-refractivity contribution in [2.75, 3.05) is 18.9 Å². The zero-order valence-corrected chi connectivity index (χ0v) is 10.4. The summed E-state index contributed by atoms with van der Waals surface area (Å²) >= 11 is 1.33. The summed E-state index contributed by atoms with van der Waals surface area (Å²) < 4.78 is 4.26. The number of hydrogen-bond donors (Lipinski definition) is 1. The predicted octanol–water partition coefficient (Wildman–Crippen LogP) is 2.75. The molecule has 0 aliphatic rings. The van der Waals surface area contributed by atoms with Gasteiger partial charge in [0.15, 0.2) is 0 Å². The number of anilines is 1. The molecule has 0 aliphatic heterocycles. The Morgan fingerprint density at radius 1 is 1.67 bits per heavy atom. The van der Waals surface area contributed by atoms with Crippen molar-refractivity contribution in [1.82, 2.24) is 9.27 Å². The van der Waals surface area contributed by atoms with Crippen LogP contribution in [0.25, 0.3) is 0 Å². The van der Waals surface area contributed by atoms with Gasteiger partial charge in [-0.25, -0.2) is 4.79 Å². The van der Waals surface area contributed by atoms with E-state index < -0.39 is 0 Å². The molecule has 5 heteroatoms. The summed E-state index contributed by atoms with van der Waals surface area (Å²) in [6.45, 7) is 6.80. The van der Waals surface area contributed by atoms with Crippen LogP contribution in [-0.2, 0) is 0 Å². The molecule has 84 valence electrons. The largest absolute Gasteiger partial charge is 0.328 e. The molecule has 0 radical (unpaired) electrons. The third-order valence-electron chi connectivity index (χ3n) is 2.17. The highest BCUT2D eigenvalue weighted by Crippen LogP contribution is 2.22. The van der Waals surface area contributed by atoms with Gasteiger partial charge in [0.2, 0.25) is 0 Å². The zero-order valence-electron chi connectivity index (χ0n) is 9.57. The summed E-state index contributed by atoms with van der Waals surface area (Å²) in [5.74, 6) is 0.399. The highest BCUT2D eigenvalue weighted by molar-refractivity contribution is 7.10. The smallest absolute Gasteiger partial charge is 0.322 e. The van der Waals surface area contributed by atoms with Crippen LogP contribution in [0.3, 0.4) is 0 Å². The van der Waals surface area contributed by atoms with Gasteiger partial charge in [0.1, 0.15) is 5.00 Å². The van der Waals surface area contributed by atoms with Gasteiger partial charge in [0.25, 0.3) is 0 Å². The normalized spacial score (nSPS) is 10.5. The molecular weight excluding hydrogens is 210 g/mol. The average Bonchev–Trinajstić information content (AvgIpc) is 2.65. The maximum Gasteiger partial charge on any atom is 0.322 e. The number of rotatable bonds is 3. The van der Waals surface area contributed by atoms with E-state index in [1.165, 1.54) is 11.5 Å². The number of carbonyl (C=O) groups is 1. The lowest BCUT2D eigenvalue weighted by atomic mass is 10.1. The molecular formula is C10H17N3OS. The molecule has 4 nitrogen and oxygen atoms in total. The van der Waals surface area contributed by atoms with Crippen molar-refractivity contribution in [2.45, 2.75) is 26.7 Å². The van der Waals surface area contributed by atoms with E-state index in [0.29, 0.717) is 12.5 Å². The van der Waals surface area contributed by atoms with E-state index in [2.05, 4.69) is 23.5 Å². The quantitative estimate of drug-likeness (QED) is 0.863. The van der Waals surface area contributed by atoms with Crippen LogP contribution >= 0.6 is 11.5 Å². The molecule has 0 fully saturated rings. The standard InChI is InChI=1S/C10H17N3OS/c1-5-13(4)10(14)11-9-6-8(7(2)3)12-15-9/h6-7H,5H2,1-4H3,(H,11,14). The van der Waals surface area contributed by atoms with Crippen LogP contribution in [0.5, 0.6) is 0 Å². The van der Waals surface area contributed by atoms with Crippen molar-refractivity contribution in [2.24, 2.45) is 0 Å². The first-order chi connectivity index (χ1) is 7.04. The van der Waals surface area contributed by atoms with Crippen molar-refractivity contribution >= 4 is 22.6 Å². The number of carbonyl (C=O) groups excluding carboxylic acids is 1. The van der Waals surface area contributed by atoms with Crippen LogP contribution < -0.4 is 5.32 Å². The predicted molar refractivity (Wildman–Crippen MR) is 63.5 cm³/mol. The fourth-order valence-corrected chi connectivity index (χ4v) is 1.74. The minimum Gasteiger partial charge on any atom is -0.328 e. The molecule has 1 rings (SSSR count). The molecule has 1 N–H and O–H groups in total. The molecule has 0 atom stereocenters. The second-order valence-corrected chi connectivity index (χ2v) is 4.52. The van der Waals surface area contributed by atoms with Crippen LogP contribution in [0, 0.1) is 0 Å². The van der Waals surface area contributed by atoms with Crippen molar-refractivity contribution in [3.63, 3.8) is 0 Å². The lowest BCUT2D eigenvalue weighted by molar-refractivity contribution is 0.225. The molecule has 2 amide bonds. The molecule has 15 heavy (non-hydrogen) atoms. The Balaban J connectivity index is 2.61. The number of urea groups is 1. The van der Waals surface area contributed by atoms with Gasteiger partial charge in [0, 0.05) is 13.6 Å². The van der Waals surface area contributed by atoms with Gasteiger partial charge in [-0.05, 0) is 30.4 Å². The van der Waals surface area contributed by atoms with Crippen molar-refractivity contribution in [3.05, 3.63) is 11.8 Å². The van der Waals surface area contributed by atoms with Gasteiger partial charge in [0.05, 0.1) is 5.69 Å². The molecule has 0 saturated carbocycles. The van der Waals surface area contributed by atoms with Gasteiger partial charge < -0.3 is 4.90 Å². The van der Waals surface area contributed by atoms with E-state index in [0.717, 1.165) is 10.7 Å². The van der Waals surface area contributed by atoms with E-state index in [1.807, 2.05) is 13.0 Å². The average molecular weight is 227 g/mol. The Labute approximate surface area is 94.5 Å². The highest BCUT2D eigenvalue weighted by Gasteiger charge is 2.10. The maximum atomic E-state index is 11.5. The molecule has 0 aliphatic carbocycles. The summed E-state index contributed by atoms with van der Waals surface area (Å²) in [4.78, 5) is 13.1. The molecule has 0 bridgehead atoms. The molecule has 0 saturated heterocycles. The van der Waals surface area contributed by atoms with E-state index in [1.54, 1.807) is 11.9 Å². The Bertz CT molecular complexity index is 335. The summed E-state index contributed by atoms with van der Waals surface area (Å²) in [5.41, 5.74) is 1.02. The van der Waals surface area contributed by atoms with Crippen LogP contribution in [-0.4, -0.2) is 28.9 Å². The highest BCUT2D eigenvalue weighted by atomic mass is 32.1. The fraction of sp³-hybridized carbons (Fsp3) is 0.600. The topological polar surface area (TPSA) is 45.2 Å². The molecule has 0 spiro atoms. The van der Waals surface area contributed by atoms with Crippen LogP contribution in [0.1, 0.15) is 32.4 Å². The molecule has 1 aromatic heterocycles. The molecule has 0 unspecified atom stereocenters. The monoisotopic (exact) mass is 227 g/mol. The van der Waals surface area contributed by atoms with Gasteiger partial charge in [-0.1, -0.05) is 13.8 Å². The SMILES string of the molecule is CCN(C)C(=O)Nc1cc(C(C)C)ns1. The summed E-state index contributed by atoms with van der Waals surface area (Å²) in [6.07, 6.45) is 0. The first-order valence-electron chi connectivity index (χ1n) is 5.03. The van der Waals surface area contributed by atoms with Crippen LogP contribution in [0.2, 0.25) is 0 Å². The third kappa shape index (κ3) is 3.20. The number of nitrogens with zero attached hydrogens (tertiary/aromatic N) is 2. The number of nitrogens with one attached hydrogen (secondary N) is 1. The minimum absolute atomic E-state index is 0.0866. The van der Waals surface area contributed by atoms with E-state index in [-0.39, 0.29) is 6.03 Å². The minimum atomic E-state index is -0.0866. The summed E-state index contributed by atoms with van der Waals surface area (Å²) in [6, 6.07) is 1.84. The first kappa shape index (κ1) is 12.0. The Kier molecular flexibility index (Phi) is 4.08. The van der Waals surface area contributed by atoms with Crippen molar-refractivity contribution in [3.8, 4) is 0 Å². The number of aromatic nitrogens is 1. The van der Waals surface area contributed by atoms with Gasteiger partial charge in [-0.3, -0.25) is 5.32 Å². The first-order valence-corrected chi connectivity index (χ1v) is 5.80. The van der Waals surface area contributed by atoms with E-state index >= 15 is 0 Å². The lowest BCUT2D eigenvalue weighted by Gasteiger charge is -2.13. The van der Waals surface area contributed by atoms with Gasteiger partial charge >= 0.3 is 6.03 Å². The Hall–Kier alpha value is -1.10. The van der Waals surface area contributed by atoms with Crippen molar-refractivity contribution < 1.29 is 4.79 Å². The number of hydrogen-bond acceptors (Lipinski definition) is 3. The molecule has 0 aromatic carbocycles. The van der Waals surface area contributed by atoms with Crippen LogP contribution in [0.4, 0.5) is 9.80 Å². The maximum absolute atomic E-state index is 11.5. The summed E-state index contributed by atoms with van der Waals surface area (Å²) in [7, 11) is 1.76.